The Morgan fingerprint density at radius 1 is 1.25 bits per heavy atom. The minimum absolute atomic E-state index is 1.04. The number of aromatic nitrogens is 2. The number of hydrogen-bond acceptors (Lipinski definition) is 5. The molecule has 4 nitrogen and oxygen atoms in total. The van der Waals surface area contributed by atoms with E-state index in [1.54, 1.807) is 0 Å². The number of hydrogen-bond donors (Lipinski definition) is 1. The minimum atomic E-state index is 1.04. The molecule has 2 aliphatic rings. The van der Waals surface area contributed by atoms with E-state index in [9.17, 15) is 0 Å². The van der Waals surface area contributed by atoms with Crippen molar-refractivity contribution in [1.82, 2.24) is 15.5 Å². The zero-order chi connectivity index (χ0) is 10.8. The largest absolute Gasteiger partial charge is 0.353 e. The molecule has 0 atom stereocenters. The first-order chi connectivity index (χ1) is 7.93. The van der Waals surface area contributed by atoms with Crippen LogP contribution >= 0.6 is 11.8 Å². The van der Waals surface area contributed by atoms with Gasteiger partial charge in [0.1, 0.15) is 0 Å². The Balaban J connectivity index is 1.84. The Labute approximate surface area is 99.8 Å². The van der Waals surface area contributed by atoms with Crippen molar-refractivity contribution in [2.24, 2.45) is 0 Å². The molecule has 1 N–H and O–H groups in total. The van der Waals surface area contributed by atoms with E-state index in [0.29, 0.717) is 0 Å². The van der Waals surface area contributed by atoms with E-state index in [2.05, 4.69) is 26.5 Å². The summed E-state index contributed by atoms with van der Waals surface area (Å²) in [7, 11) is 0. The highest BCUT2D eigenvalue weighted by Gasteiger charge is 2.16. The number of nitrogens with zero attached hydrogens (tertiary/aromatic N) is 3. The third kappa shape index (κ3) is 2.01. The molecule has 0 aliphatic carbocycles. The van der Waals surface area contributed by atoms with Crippen LogP contribution in [0.4, 0.5) is 5.82 Å². The van der Waals surface area contributed by atoms with Gasteiger partial charge in [-0.3, -0.25) is 0 Å². The molecular formula is C11H16N4S. The van der Waals surface area contributed by atoms with Gasteiger partial charge in [0.25, 0.3) is 0 Å². The highest BCUT2D eigenvalue weighted by molar-refractivity contribution is 7.98. The monoisotopic (exact) mass is 236 g/mol. The zero-order valence-electron chi connectivity index (χ0n) is 9.28. The first-order valence-electron chi connectivity index (χ1n) is 5.82. The van der Waals surface area contributed by atoms with Crippen molar-refractivity contribution in [2.75, 3.05) is 36.8 Å². The van der Waals surface area contributed by atoms with Crippen LogP contribution < -0.4 is 10.2 Å². The molecule has 0 amide bonds. The highest BCUT2D eigenvalue weighted by atomic mass is 32.2. The predicted octanol–water partition coefficient (Wildman–Crippen LogP) is 0.675. The average Bonchev–Trinajstić information content (AvgIpc) is 2.39. The number of piperazine rings is 1. The summed E-state index contributed by atoms with van der Waals surface area (Å²) in [6.07, 6.45) is 1.08. The predicted molar refractivity (Wildman–Crippen MR) is 67.0 cm³/mol. The molecule has 86 valence electrons. The third-order valence-corrected chi connectivity index (χ3v) is 4.14. The Kier molecular flexibility index (Phi) is 2.97. The van der Waals surface area contributed by atoms with Crippen LogP contribution in [0.1, 0.15) is 11.3 Å². The van der Waals surface area contributed by atoms with Crippen molar-refractivity contribution in [3.63, 3.8) is 0 Å². The second-order valence-electron chi connectivity index (χ2n) is 4.21. The van der Waals surface area contributed by atoms with E-state index in [0.717, 1.165) is 44.2 Å². The number of thioether (sulfide) groups is 1. The van der Waals surface area contributed by atoms with Gasteiger partial charge in [-0.05, 0) is 17.4 Å². The summed E-state index contributed by atoms with van der Waals surface area (Å²) in [5, 5.41) is 12.1. The summed E-state index contributed by atoms with van der Waals surface area (Å²) in [5.41, 5.74) is 2.59. The fraction of sp³-hybridized carbons (Fsp3) is 0.636. The van der Waals surface area contributed by atoms with Crippen LogP contribution in [0.5, 0.6) is 0 Å². The van der Waals surface area contributed by atoms with Crippen LogP contribution in [0.15, 0.2) is 6.07 Å². The van der Waals surface area contributed by atoms with Crippen LogP contribution in [-0.2, 0) is 12.2 Å². The highest BCUT2D eigenvalue weighted by Crippen LogP contribution is 2.25. The Bertz CT molecular complexity index is 376. The van der Waals surface area contributed by atoms with Crippen LogP contribution in [-0.4, -0.2) is 42.1 Å². The summed E-state index contributed by atoms with van der Waals surface area (Å²) in [4.78, 5) is 2.32. The van der Waals surface area contributed by atoms with Crippen molar-refractivity contribution in [3.05, 3.63) is 17.3 Å². The maximum absolute atomic E-state index is 4.37. The average molecular weight is 236 g/mol. The summed E-state index contributed by atoms with van der Waals surface area (Å²) in [6.45, 7) is 4.18. The second kappa shape index (κ2) is 4.59. The number of rotatable bonds is 1. The molecule has 1 aromatic rings. The van der Waals surface area contributed by atoms with Gasteiger partial charge in [-0.2, -0.15) is 16.9 Å². The Morgan fingerprint density at radius 3 is 3.00 bits per heavy atom. The van der Waals surface area contributed by atoms with Crippen molar-refractivity contribution >= 4 is 17.6 Å². The molecule has 1 fully saturated rings. The first-order valence-corrected chi connectivity index (χ1v) is 6.98. The summed E-state index contributed by atoms with van der Waals surface area (Å²) < 4.78 is 0. The van der Waals surface area contributed by atoms with Crippen LogP contribution in [0.25, 0.3) is 0 Å². The fourth-order valence-corrected chi connectivity index (χ4v) is 3.13. The van der Waals surface area contributed by atoms with Gasteiger partial charge in [-0.15, -0.1) is 5.10 Å². The standard InChI is InChI=1S/C11H16N4S/c1-6-16-8-9-7-11(14-13-10(1)9)15-4-2-12-3-5-15/h7,12H,1-6,8H2. The van der Waals surface area contributed by atoms with E-state index in [-0.39, 0.29) is 0 Å². The van der Waals surface area contributed by atoms with Crippen molar-refractivity contribution in [2.45, 2.75) is 12.2 Å². The molecule has 3 rings (SSSR count). The van der Waals surface area contributed by atoms with E-state index in [1.807, 2.05) is 11.8 Å². The molecule has 0 aromatic carbocycles. The summed E-state index contributed by atoms with van der Waals surface area (Å²) in [6, 6.07) is 2.24. The summed E-state index contributed by atoms with van der Waals surface area (Å²) in [5.74, 6) is 3.35. The normalized spacial score (nSPS) is 20.6. The lowest BCUT2D eigenvalue weighted by molar-refractivity contribution is 0.581. The maximum Gasteiger partial charge on any atom is 0.151 e. The Hall–Kier alpha value is -0.810. The molecular weight excluding hydrogens is 220 g/mol. The fourth-order valence-electron chi connectivity index (χ4n) is 2.18. The maximum atomic E-state index is 4.37. The van der Waals surface area contributed by atoms with Crippen molar-refractivity contribution in [1.29, 1.82) is 0 Å². The quantitative estimate of drug-likeness (QED) is 0.776. The molecule has 2 aliphatic heterocycles. The van der Waals surface area contributed by atoms with Gasteiger partial charge in [-0.25, -0.2) is 0 Å². The molecule has 0 radical (unpaired) electrons. The van der Waals surface area contributed by atoms with Crippen molar-refractivity contribution in [3.8, 4) is 0 Å². The number of aryl methyl sites for hydroxylation is 1. The van der Waals surface area contributed by atoms with Crippen LogP contribution in [0, 0.1) is 0 Å². The Morgan fingerprint density at radius 2 is 2.12 bits per heavy atom. The second-order valence-corrected chi connectivity index (χ2v) is 5.32. The van der Waals surface area contributed by atoms with E-state index >= 15 is 0 Å². The third-order valence-electron chi connectivity index (χ3n) is 3.13. The lowest BCUT2D eigenvalue weighted by Gasteiger charge is -2.28. The molecule has 3 heterocycles. The van der Waals surface area contributed by atoms with Gasteiger partial charge in [-0.1, -0.05) is 0 Å². The van der Waals surface area contributed by atoms with Gasteiger partial charge in [0, 0.05) is 38.4 Å². The molecule has 16 heavy (non-hydrogen) atoms. The minimum Gasteiger partial charge on any atom is -0.353 e. The number of nitrogens with one attached hydrogen (secondary N) is 1. The van der Waals surface area contributed by atoms with Crippen molar-refractivity contribution < 1.29 is 0 Å². The lowest BCUT2D eigenvalue weighted by atomic mass is 10.2. The van der Waals surface area contributed by atoms with Gasteiger partial charge in [0.15, 0.2) is 5.82 Å². The SMILES string of the molecule is c1c(N2CCNCC2)nnc2c1CSCC2. The summed E-state index contributed by atoms with van der Waals surface area (Å²) >= 11 is 1.99. The lowest BCUT2D eigenvalue weighted by Crippen LogP contribution is -2.44. The topological polar surface area (TPSA) is 41.0 Å². The van der Waals surface area contributed by atoms with Gasteiger partial charge < -0.3 is 10.2 Å². The van der Waals surface area contributed by atoms with E-state index < -0.39 is 0 Å². The van der Waals surface area contributed by atoms with Gasteiger partial charge in [0.2, 0.25) is 0 Å². The smallest absolute Gasteiger partial charge is 0.151 e. The molecule has 0 unspecified atom stereocenters. The molecule has 1 saturated heterocycles. The van der Waals surface area contributed by atoms with E-state index in [4.69, 9.17) is 0 Å². The molecule has 0 bridgehead atoms. The van der Waals surface area contributed by atoms with Gasteiger partial charge in [0.05, 0.1) is 5.69 Å². The van der Waals surface area contributed by atoms with E-state index in [1.165, 1.54) is 17.0 Å². The zero-order valence-corrected chi connectivity index (χ0v) is 10.1. The number of anilines is 1. The molecule has 5 heteroatoms. The molecule has 0 saturated carbocycles. The van der Waals surface area contributed by atoms with Gasteiger partial charge >= 0.3 is 0 Å². The van der Waals surface area contributed by atoms with Crippen LogP contribution in [0.2, 0.25) is 0 Å². The van der Waals surface area contributed by atoms with Crippen LogP contribution in [0.3, 0.4) is 0 Å². The first kappa shape index (κ1) is 10.4. The molecule has 0 spiro atoms. The number of fused-ring (bicyclic) bond motifs is 1. The molecule has 1 aromatic heterocycles.